The van der Waals surface area contributed by atoms with Gasteiger partial charge in [0, 0.05) is 6.42 Å². The van der Waals surface area contributed by atoms with Gasteiger partial charge in [0.05, 0.1) is 12.5 Å². The van der Waals surface area contributed by atoms with Gasteiger partial charge in [-0.05, 0) is 36.0 Å². The van der Waals surface area contributed by atoms with Crippen LogP contribution in [0, 0.1) is 22.7 Å². The molecular formula is C24H39F9O2. The predicted octanol–water partition coefficient (Wildman–Crippen LogP) is 9.07. The van der Waals surface area contributed by atoms with Gasteiger partial charge in [0.2, 0.25) is 0 Å². The van der Waals surface area contributed by atoms with Crippen LogP contribution in [0.4, 0.5) is 39.5 Å². The van der Waals surface area contributed by atoms with Crippen molar-refractivity contribution >= 4 is 5.97 Å². The van der Waals surface area contributed by atoms with E-state index in [0.29, 0.717) is 12.8 Å². The molecule has 0 N–H and O–H groups in total. The molecule has 11 heteroatoms. The molecule has 0 aliphatic carbocycles. The van der Waals surface area contributed by atoms with Crippen molar-refractivity contribution < 1.29 is 49.0 Å². The Kier molecular flexibility index (Phi) is 11.5. The maximum atomic E-state index is 13.7. The van der Waals surface area contributed by atoms with E-state index in [9.17, 15) is 44.3 Å². The highest BCUT2D eigenvalue weighted by atomic mass is 19.4. The summed E-state index contributed by atoms with van der Waals surface area (Å²) in [6, 6.07) is 0. The predicted molar refractivity (Wildman–Crippen MR) is 116 cm³/mol. The molecule has 0 saturated carbocycles. The molecule has 0 aromatic carbocycles. The molecule has 0 radical (unpaired) electrons. The van der Waals surface area contributed by atoms with Crippen LogP contribution in [0.1, 0.15) is 93.4 Å². The Morgan fingerprint density at radius 1 is 0.771 bits per heavy atom. The number of ether oxygens (including phenoxy) is 1. The Hall–Kier alpha value is -1.16. The third kappa shape index (κ3) is 8.17. The molecule has 0 rings (SSSR count). The highest BCUT2D eigenvalue weighted by Crippen LogP contribution is 2.54. The fourth-order valence-corrected chi connectivity index (χ4v) is 3.55. The van der Waals surface area contributed by atoms with Crippen molar-refractivity contribution in [3.63, 3.8) is 0 Å². The van der Waals surface area contributed by atoms with Crippen molar-refractivity contribution in [3.05, 3.63) is 0 Å². The van der Waals surface area contributed by atoms with Gasteiger partial charge < -0.3 is 4.74 Å². The first-order valence-electron chi connectivity index (χ1n) is 11.9. The van der Waals surface area contributed by atoms with Crippen molar-refractivity contribution in [1.82, 2.24) is 0 Å². The van der Waals surface area contributed by atoms with Crippen LogP contribution in [0.5, 0.6) is 0 Å². The lowest BCUT2D eigenvalue weighted by atomic mass is 9.67. The van der Waals surface area contributed by atoms with Crippen molar-refractivity contribution in [1.29, 1.82) is 0 Å². The lowest BCUT2D eigenvalue weighted by Crippen LogP contribution is -2.60. The van der Waals surface area contributed by atoms with E-state index in [1.807, 2.05) is 34.6 Å². The molecule has 0 amide bonds. The molecule has 0 aliphatic rings. The molecule has 0 bridgehead atoms. The quantitative estimate of drug-likeness (QED) is 0.156. The number of carbonyl (C=O) groups excluding carboxylic acids is 1. The summed E-state index contributed by atoms with van der Waals surface area (Å²) in [5.74, 6) is -20.8. The van der Waals surface area contributed by atoms with Gasteiger partial charge in [0.25, 0.3) is 0 Å². The Labute approximate surface area is 202 Å². The minimum atomic E-state index is -6.88. The second-order valence-corrected chi connectivity index (χ2v) is 10.6. The topological polar surface area (TPSA) is 26.3 Å². The fraction of sp³-hybridized carbons (Fsp3) is 0.958. The molecule has 0 saturated heterocycles. The third-order valence-corrected chi connectivity index (χ3v) is 7.56. The fourth-order valence-electron chi connectivity index (χ4n) is 3.55. The summed E-state index contributed by atoms with van der Waals surface area (Å²) in [6.45, 7) is 13.1. The number of rotatable bonds is 15. The number of alkyl halides is 9. The zero-order chi connectivity index (χ0) is 28.1. The van der Waals surface area contributed by atoms with E-state index in [0.717, 1.165) is 12.8 Å². The molecule has 0 fully saturated rings. The standard InChI is InChI=1S/C24H39F9O2/c1-8-19(5,6)17(15-20(7,9-2)10-3)18(34)35-14-12-16(4)11-13-21(25,26)22(27,28)23(29,30)24(31,32)33/h16-17H,8-15H2,1-7H3/t16?,17-/m1/s1. The molecule has 0 aliphatic heterocycles. The van der Waals surface area contributed by atoms with E-state index in [1.165, 1.54) is 6.92 Å². The Morgan fingerprint density at radius 3 is 1.66 bits per heavy atom. The molecule has 2 atom stereocenters. The molecule has 0 aromatic heterocycles. The van der Waals surface area contributed by atoms with Gasteiger partial charge >= 0.3 is 29.9 Å². The SMILES string of the molecule is CCC(C)(CC)C[C@H](C(=O)OCCC(C)CCC(F)(F)C(F)(F)C(F)(F)C(F)(F)F)C(C)(C)CC. The monoisotopic (exact) mass is 530 g/mol. The van der Waals surface area contributed by atoms with E-state index in [-0.39, 0.29) is 23.9 Å². The normalized spacial score (nSPS) is 16.2. The molecule has 1 unspecified atom stereocenters. The zero-order valence-corrected chi connectivity index (χ0v) is 21.5. The van der Waals surface area contributed by atoms with Gasteiger partial charge in [-0.15, -0.1) is 0 Å². The van der Waals surface area contributed by atoms with Crippen molar-refractivity contribution in [3.8, 4) is 0 Å². The summed E-state index contributed by atoms with van der Waals surface area (Å²) in [6.07, 6.45) is -6.55. The van der Waals surface area contributed by atoms with Crippen LogP contribution in [0.25, 0.3) is 0 Å². The molecule has 0 spiro atoms. The molecule has 210 valence electrons. The third-order valence-electron chi connectivity index (χ3n) is 7.56. The maximum absolute atomic E-state index is 13.7. The minimum absolute atomic E-state index is 0.0405. The van der Waals surface area contributed by atoms with Crippen molar-refractivity contribution in [2.45, 2.75) is 117 Å². The summed E-state index contributed by atoms with van der Waals surface area (Å²) in [5, 5.41) is 0. The molecule has 0 aromatic rings. The van der Waals surface area contributed by atoms with Crippen LogP contribution in [0.15, 0.2) is 0 Å². The van der Waals surface area contributed by atoms with Gasteiger partial charge in [-0.3, -0.25) is 4.79 Å². The second-order valence-electron chi connectivity index (χ2n) is 10.6. The van der Waals surface area contributed by atoms with E-state index < -0.39 is 54.6 Å². The number of hydrogen-bond acceptors (Lipinski definition) is 2. The lowest BCUT2D eigenvalue weighted by molar-refractivity contribution is -0.397. The van der Waals surface area contributed by atoms with Gasteiger partial charge in [0.1, 0.15) is 0 Å². The summed E-state index contributed by atoms with van der Waals surface area (Å²) in [4.78, 5) is 12.9. The first kappa shape index (κ1) is 33.8. The number of esters is 1. The van der Waals surface area contributed by atoms with Crippen LogP contribution in [0.2, 0.25) is 0 Å². The van der Waals surface area contributed by atoms with E-state index in [1.54, 1.807) is 0 Å². The lowest BCUT2D eigenvalue weighted by Gasteiger charge is -2.38. The maximum Gasteiger partial charge on any atom is 0.460 e. The number of carbonyl (C=O) groups is 1. The highest BCUT2D eigenvalue weighted by molar-refractivity contribution is 5.73. The summed E-state index contributed by atoms with van der Waals surface area (Å²) in [5.41, 5.74) is -0.482. The summed E-state index contributed by atoms with van der Waals surface area (Å²) in [7, 11) is 0. The van der Waals surface area contributed by atoms with Gasteiger partial charge in [0.15, 0.2) is 0 Å². The van der Waals surface area contributed by atoms with Crippen LogP contribution >= 0.6 is 0 Å². The largest absolute Gasteiger partial charge is 0.465 e. The Morgan fingerprint density at radius 2 is 1.26 bits per heavy atom. The van der Waals surface area contributed by atoms with Gasteiger partial charge in [-0.25, -0.2) is 0 Å². The Balaban J connectivity index is 5.11. The van der Waals surface area contributed by atoms with Crippen LogP contribution in [0.3, 0.4) is 0 Å². The Bertz CT molecular complexity index is 668. The number of hydrogen-bond donors (Lipinski definition) is 0. The molecule has 35 heavy (non-hydrogen) atoms. The minimum Gasteiger partial charge on any atom is -0.465 e. The van der Waals surface area contributed by atoms with E-state index >= 15 is 0 Å². The average Bonchev–Trinajstić information content (AvgIpc) is 2.74. The second kappa shape index (κ2) is 11.9. The van der Waals surface area contributed by atoms with Crippen molar-refractivity contribution in [2.75, 3.05) is 6.61 Å². The van der Waals surface area contributed by atoms with Gasteiger partial charge in [-0.2, -0.15) is 39.5 Å². The van der Waals surface area contributed by atoms with E-state index in [4.69, 9.17) is 4.74 Å². The summed E-state index contributed by atoms with van der Waals surface area (Å²) < 4.78 is 122. The first-order valence-corrected chi connectivity index (χ1v) is 11.9. The highest BCUT2D eigenvalue weighted by Gasteiger charge is 2.81. The first-order chi connectivity index (χ1) is 15.5. The van der Waals surface area contributed by atoms with Gasteiger partial charge in [-0.1, -0.05) is 67.7 Å². The van der Waals surface area contributed by atoms with E-state index in [2.05, 4.69) is 6.92 Å². The summed E-state index contributed by atoms with van der Waals surface area (Å²) >= 11 is 0. The van der Waals surface area contributed by atoms with Crippen LogP contribution in [-0.2, 0) is 9.53 Å². The molecular weight excluding hydrogens is 491 g/mol. The molecule has 0 heterocycles. The average molecular weight is 531 g/mol. The number of halogens is 9. The van der Waals surface area contributed by atoms with Crippen LogP contribution in [-0.4, -0.2) is 36.5 Å². The van der Waals surface area contributed by atoms with Crippen LogP contribution < -0.4 is 0 Å². The zero-order valence-electron chi connectivity index (χ0n) is 21.5. The smallest absolute Gasteiger partial charge is 0.460 e. The van der Waals surface area contributed by atoms with Crippen molar-refractivity contribution in [2.24, 2.45) is 22.7 Å². The molecule has 2 nitrogen and oxygen atoms in total.